The van der Waals surface area contributed by atoms with Gasteiger partial charge in [-0.05, 0) is 46.4 Å². The Labute approximate surface area is 117 Å². The van der Waals surface area contributed by atoms with Gasteiger partial charge in [0.25, 0.3) is 0 Å². The lowest BCUT2D eigenvalue weighted by molar-refractivity contribution is 0.627. The SMILES string of the molecule is CC(Nc1c(Cl)cc(F)cc1Br)c1cccs1. The van der Waals surface area contributed by atoms with Crippen molar-refractivity contribution in [2.45, 2.75) is 13.0 Å². The van der Waals surface area contributed by atoms with Gasteiger partial charge in [-0.25, -0.2) is 4.39 Å². The van der Waals surface area contributed by atoms with Crippen LogP contribution in [0.25, 0.3) is 0 Å². The molecule has 1 aromatic heterocycles. The summed E-state index contributed by atoms with van der Waals surface area (Å²) in [5.41, 5.74) is 0.717. The van der Waals surface area contributed by atoms with Crippen molar-refractivity contribution in [1.82, 2.24) is 0 Å². The van der Waals surface area contributed by atoms with Crippen LogP contribution >= 0.6 is 38.9 Å². The van der Waals surface area contributed by atoms with Crippen LogP contribution in [0.15, 0.2) is 34.1 Å². The number of rotatable bonds is 3. The lowest BCUT2D eigenvalue weighted by Gasteiger charge is -2.16. The first-order chi connectivity index (χ1) is 8.08. The van der Waals surface area contributed by atoms with Crippen molar-refractivity contribution in [2.24, 2.45) is 0 Å². The zero-order valence-corrected chi connectivity index (χ0v) is 12.2. The summed E-state index contributed by atoms with van der Waals surface area (Å²) in [6, 6.07) is 6.88. The van der Waals surface area contributed by atoms with E-state index in [2.05, 4.69) is 21.2 Å². The maximum Gasteiger partial charge on any atom is 0.125 e. The molecule has 0 fully saturated rings. The van der Waals surface area contributed by atoms with Crippen molar-refractivity contribution in [3.63, 3.8) is 0 Å². The van der Waals surface area contributed by atoms with Gasteiger partial charge >= 0.3 is 0 Å². The van der Waals surface area contributed by atoms with Gasteiger partial charge in [-0.1, -0.05) is 17.7 Å². The molecule has 17 heavy (non-hydrogen) atoms. The molecule has 0 spiro atoms. The van der Waals surface area contributed by atoms with Gasteiger partial charge < -0.3 is 5.32 Å². The summed E-state index contributed by atoms with van der Waals surface area (Å²) in [5.74, 6) is -0.351. The molecule has 90 valence electrons. The maximum absolute atomic E-state index is 13.1. The lowest BCUT2D eigenvalue weighted by atomic mass is 10.2. The Bertz CT molecular complexity index is 492. The second-order valence-corrected chi connectivity index (χ2v) is 5.87. The molecule has 5 heteroatoms. The normalized spacial score (nSPS) is 12.5. The highest BCUT2D eigenvalue weighted by Crippen LogP contribution is 2.34. The minimum absolute atomic E-state index is 0.134. The van der Waals surface area contributed by atoms with E-state index in [1.54, 1.807) is 11.3 Å². The Morgan fingerprint density at radius 1 is 1.47 bits per heavy atom. The summed E-state index contributed by atoms with van der Waals surface area (Å²) in [5, 5.41) is 5.67. The van der Waals surface area contributed by atoms with Crippen molar-refractivity contribution >= 4 is 44.6 Å². The molecule has 1 unspecified atom stereocenters. The topological polar surface area (TPSA) is 12.0 Å². The van der Waals surface area contributed by atoms with E-state index < -0.39 is 0 Å². The van der Waals surface area contributed by atoms with E-state index in [9.17, 15) is 4.39 Å². The Kier molecular flexibility index (Phi) is 4.07. The van der Waals surface area contributed by atoms with E-state index in [-0.39, 0.29) is 11.9 Å². The van der Waals surface area contributed by atoms with Gasteiger partial charge in [0, 0.05) is 9.35 Å². The second-order valence-electron chi connectivity index (χ2n) is 3.63. The van der Waals surface area contributed by atoms with Crippen molar-refractivity contribution < 1.29 is 4.39 Å². The molecule has 0 aliphatic rings. The highest BCUT2D eigenvalue weighted by Gasteiger charge is 2.12. The van der Waals surface area contributed by atoms with Crippen LogP contribution in [0.3, 0.4) is 0 Å². The van der Waals surface area contributed by atoms with Crippen LogP contribution in [-0.2, 0) is 0 Å². The summed E-state index contributed by atoms with van der Waals surface area (Å²) in [6.45, 7) is 2.04. The van der Waals surface area contributed by atoms with Gasteiger partial charge in [0.05, 0.1) is 16.8 Å². The Balaban J connectivity index is 2.25. The minimum Gasteiger partial charge on any atom is -0.376 e. The first kappa shape index (κ1) is 12.9. The predicted octanol–water partition coefficient (Wildman–Crippen LogP) is 5.48. The van der Waals surface area contributed by atoms with E-state index in [0.717, 1.165) is 0 Å². The molecule has 1 atom stereocenters. The fraction of sp³-hybridized carbons (Fsp3) is 0.167. The Hall–Kier alpha value is -0.580. The second kappa shape index (κ2) is 5.38. The number of anilines is 1. The molecule has 0 saturated carbocycles. The van der Waals surface area contributed by atoms with Crippen molar-refractivity contribution in [3.05, 3.63) is 49.8 Å². The van der Waals surface area contributed by atoms with Crippen LogP contribution in [0.1, 0.15) is 17.8 Å². The van der Waals surface area contributed by atoms with Gasteiger partial charge in [0.1, 0.15) is 5.82 Å². The van der Waals surface area contributed by atoms with Crippen molar-refractivity contribution in [2.75, 3.05) is 5.32 Å². The average Bonchev–Trinajstić information content (AvgIpc) is 2.76. The van der Waals surface area contributed by atoms with Gasteiger partial charge in [-0.2, -0.15) is 0 Å². The number of hydrogen-bond donors (Lipinski definition) is 1. The fourth-order valence-electron chi connectivity index (χ4n) is 1.51. The average molecular weight is 335 g/mol. The first-order valence-electron chi connectivity index (χ1n) is 5.02. The molecule has 2 aromatic rings. The molecule has 0 saturated heterocycles. The van der Waals surface area contributed by atoms with Crippen LogP contribution in [0.2, 0.25) is 5.02 Å². The van der Waals surface area contributed by atoms with Gasteiger partial charge in [-0.15, -0.1) is 11.3 Å². The molecule has 0 bridgehead atoms. The highest BCUT2D eigenvalue weighted by molar-refractivity contribution is 9.10. The summed E-state index contributed by atoms with van der Waals surface area (Å²) in [4.78, 5) is 1.21. The van der Waals surface area contributed by atoms with Crippen molar-refractivity contribution in [1.29, 1.82) is 0 Å². The fourth-order valence-corrected chi connectivity index (χ4v) is 3.16. The lowest BCUT2D eigenvalue weighted by Crippen LogP contribution is -2.06. The number of halogens is 3. The zero-order chi connectivity index (χ0) is 12.4. The summed E-state index contributed by atoms with van der Waals surface area (Å²) < 4.78 is 13.7. The monoisotopic (exact) mass is 333 g/mol. The minimum atomic E-state index is -0.351. The highest BCUT2D eigenvalue weighted by atomic mass is 79.9. The van der Waals surface area contributed by atoms with Crippen molar-refractivity contribution in [3.8, 4) is 0 Å². The summed E-state index contributed by atoms with van der Waals surface area (Å²) in [6.07, 6.45) is 0. The first-order valence-corrected chi connectivity index (χ1v) is 7.07. The number of nitrogens with one attached hydrogen (secondary N) is 1. The molecule has 0 amide bonds. The summed E-state index contributed by atoms with van der Waals surface area (Å²) in [7, 11) is 0. The van der Waals surface area contributed by atoms with Crippen LogP contribution in [-0.4, -0.2) is 0 Å². The molecule has 0 aliphatic heterocycles. The molecular weight excluding hydrogens is 325 g/mol. The molecule has 2 rings (SSSR count). The zero-order valence-electron chi connectivity index (χ0n) is 9.01. The Morgan fingerprint density at radius 3 is 2.82 bits per heavy atom. The molecule has 1 N–H and O–H groups in total. The summed E-state index contributed by atoms with van der Waals surface area (Å²) >= 11 is 11.0. The predicted molar refractivity (Wildman–Crippen MR) is 75.5 cm³/mol. The van der Waals surface area contributed by atoms with E-state index in [0.29, 0.717) is 15.2 Å². The van der Waals surface area contributed by atoms with Gasteiger partial charge in [0.2, 0.25) is 0 Å². The van der Waals surface area contributed by atoms with Crippen LogP contribution in [0.4, 0.5) is 10.1 Å². The molecule has 0 radical (unpaired) electrons. The Morgan fingerprint density at radius 2 is 2.24 bits per heavy atom. The third-order valence-corrected chi connectivity index (χ3v) is 4.32. The smallest absolute Gasteiger partial charge is 0.125 e. The quantitative estimate of drug-likeness (QED) is 0.784. The van der Waals surface area contributed by atoms with Crippen LogP contribution in [0, 0.1) is 5.82 Å². The molecule has 0 aliphatic carbocycles. The molecular formula is C12H10BrClFNS. The molecule has 1 heterocycles. The van der Waals surface area contributed by atoms with E-state index in [4.69, 9.17) is 11.6 Å². The maximum atomic E-state index is 13.1. The van der Waals surface area contributed by atoms with E-state index >= 15 is 0 Å². The third-order valence-electron chi connectivity index (χ3n) is 2.34. The number of hydrogen-bond acceptors (Lipinski definition) is 2. The van der Waals surface area contributed by atoms with E-state index in [1.807, 2.05) is 24.4 Å². The van der Waals surface area contributed by atoms with Crippen LogP contribution in [0.5, 0.6) is 0 Å². The molecule has 1 nitrogen and oxygen atoms in total. The van der Waals surface area contributed by atoms with Gasteiger partial charge in [0.15, 0.2) is 0 Å². The standard InChI is InChI=1S/C12H10BrClFNS/c1-7(11-3-2-4-17-11)16-12-9(13)5-8(15)6-10(12)14/h2-7,16H,1H3. The van der Waals surface area contributed by atoms with Crippen LogP contribution < -0.4 is 5.32 Å². The largest absolute Gasteiger partial charge is 0.376 e. The third kappa shape index (κ3) is 3.00. The molecule has 1 aromatic carbocycles. The number of benzene rings is 1. The van der Waals surface area contributed by atoms with E-state index in [1.165, 1.54) is 17.0 Å². The van der Waals surface area contributed by atoms with Gasteiger partial charge in [-0.3, -0.25) is 0 Å². The number of thiophene rings is 1.